The summed E-state index contributed by atoms with van der Waals surface area (Å²) in [6.45, 7) is 6.62. The molecule has 4 rings (SSSR count). The molecular formula is C22H21O+. The average Bonchev–Trinajstić information content (AvgIpc) is 2.86. The Balaban J connectivity index is 2.02. The Morgan fingerprint density at radius 3 is 2.57 bits per heavy atom. The minimum absolute atomic E-state index is 0.145. The second-order valence-electron chi connectivity index (χ2n) is 7.03. The number of Topliss-reactive ketones (excluding diaryl/α,β-unsaturated/α-hetero) is 1. The zero-order valence-electron chi connectivity index (χ0n) is 13.9. The smallest absolute Gasteiger partial charge is 0.218 e. The summed E-state index contributed by atoms with van der Waals surface area (Å²) in [5, 5.41) is 0. The molecular weight excluding hydrogens is 280 g/mol. The highest BCUT2D eigenvalue weighted by Gasteiger charge is 2.52. The summed E-state index contributed by atoms with van der Waals surface area (Å²) in [7, 11) is 0. The number of carbonyl (C=O) groups is 1. The van der Waals surface area contributed by atoms with Crippen LogP contribution in [0.25, 0.3) is 5.57 Å². The fourth-order valence-electron chi connectivity index (χ4n) is 4.51. The number of fused-ring (bicyclic) bond motifs is 2. The molecule has 1 unspecified atom stereocenters. The van der Waals surface area contributed by atoms with Gasteiger partial charge in [-0.3, -0.25) is 4.79 Å². The maximum atomic E-state index is 12.4. The van der Waals surface area contributed by atoms with Gasteiger partial charge in [-0.25, -0.2) is 0 Å². The normalized spacial score (nSPS) is 26.5. The van der Waals surface area contributed by atoms with Gasteiger partial charge in [-0.2, -0.15) is 0 Å². The van der Waals surface area contributed by atoms with E-state index in [0.29, 0.717) is 12.2 Å². The molecule has 1 saturated carbocycles. The van der Waals surface area contributed by atoms with Crippen molar-refractivity contribution >= 4 is 11.4 Å². The van der Waals surface area contributed by atoms with Crippen LogP contribution in [0.3, 0.4) is 0 Å². The first kappa shape index (κ1) is 14.3. The summed E-state index contributed by atoms with van der Waals surface area (Å²) in [6.07, 6.45) is 8.26. The Morgan fingerprint density at radius 1 is 1.09 bits per heavy atom. The van der Waals surface area contributed by atoms with Crippen molar-refractivity contribution < 1.29 is 4.79 Å². The topological polar surface area (TPSA) is 17.1 Å². The third-order valence-corrected chi connectivity index (χ3v) is 5.34. The number of hydrogen-bond acceptors (Lipinski definition) is 1. The molecule has 0 saturated heterocycles. The molecule has 0 aliphatic heterocycles. The lowest BCUT2D eigenvalue weighted by molar-refractivity contribution is -0.115. The average molecular weight is 301 g/mol. The predicted octanol–water partition coefficient (Wildman–Crippen LogP) is 5.23. The highest BCUT2D eigenvalue weighted by atomic mass is 16.1. The van der Waals surface area contributed by atoms with Crippen molar-refractivity contribution in [3.8, 4) is 0 Å². The zero-order chi connectivity index (χ0) is 16.2. The molecule has 1 aromatic carbocycles. The number of benzene rings is 1. The quantitative estimate of drug-likeness (QED) is 0.649. The summed E-state index contributed by atoms with van der Waals surface area (Å²) >= 11 is 0. The van der Waals surface area contributed by atoms with Gasteiger partial charge >= 0.3 is 0 Å². The van der Waals surface area contributed by atoms with Crippen molar-refractivity contribution in [2.75, 3.05) is 0 Å². The fourth-order valence-corrected chi connectivity index (χ4v) is 4.51. The van der Waals surface area contributed by atoms with E-state index in [1.807, 2.05) is 6.07 Å². The van der Waals surface area contributed by atoms with E-state index in [2.05, 4.69) is 63.3 Å². The largest absolute Gasteiger partial charge is 0.278 e. The van der Waals surface area contributed by atoms with E-state index in [-0.39, 0.29) is 5.41 Å². The fraction of sp³-hybridized carbons (Fsp3) is 0.273. The summed E-state index contributed by atoms with van der Waals surface area (Å²) in [6, 6.07) is 10.6. The molecule has 1 heteroatoms. The van der Waals surface area contributed by atoms with Gasteiger partial charge in [0.2, 0.25) is 5.78 Å². The first-order valence-electron chi connectivity index (χ1n) is 8.30. The third kappa shape index (κ3) is 1.99. The predicted molar refractivity (Wildman–Crippen MR) is 94.6 cm³/mol. The van der Waals surface area contributed by atoms with Crippen LogP contribution in [-0.2, 0) is 4.79 Å². The van der Waals surface area contributed by atoms with E-state index in [4.69, 9.17) is 0 Å². The maximum absolute atomic E-state index is 12.4. The number of rotatable bonds is 1. The second kappa shape index (κ2) is 4.86. The minimum atomic E-state index is -0.145. The van der Waals surface area contributed by atoms with Crippen LogP contribution in [0.2, 0.25) is 0 Å². The molecule has 0 radical (unpaired) electrons. The summed E-state index contributed by atoms with van der Waals surface area (Å²) in [5.74, 6) is 1.24. The standard InChI is InChI=1S/C22H21O/c1-14-11-15(2)19-12-18-17(9-10-20(18)23)21(22(19,3)13-14)16-7-5-4-6-8-16/h4-8,11-13H,9-10H2,1-3H3/q+1. The SMILES string of the molecule is CC1=CC2(C)C(=C[C+]3C(=O)CCC3=C2c2ccccc2)C(C)=C1. The lowest BCUT2D eigenvalue weighted by Gasteiger charge is -2.34. The Labute approximate surface area is 138 Å². The van der Waals surface area contributed by atoms with Gasteiger partial charge in [-0.15, -0.1) is 0 Å². The number of allylic oxidation sites excluding steroid dienone is 8. The number of carbonyl (C=O) groups excluding carboxylic acids is 1. The Hall–Kier alpha value is -2.28. The molecule has 114 valence electrons. The second-order valence-corrected chi connectivity index (χ2v) is 7.03. The molecule has 23 heavy (non-hydrogen) atoms. The first-order valence-corrected chi connectivity index (χ1v) is 8.30. The monoisotopic (exact) mass is 301 g/mol. The highest BCUT2D eigenvalue weighted by molar-refractivity contribution is 6.07. The Morgan fingerprint density at radius 2 is 1.83 bits per heavy atom. The molecule has 0 N–H and O–H groups in total. The van der Waals surface area contributed by atoms with Crippen LogP contribution in [0.4, 0.5) is 0 Å². The Kier molecular flexibility index (Phi) is 3.02. The number of ketones is 1. The molecule has 3 aliphatic carbocycles. The van der Waals surface area contributed by atoms with Crippen molar-refractivity contribution in [3.63, 3.8) is 0 Å². The highest BCUT2D eigenvalue weighted by Crippen LogP contribution is 2.56. The van der Waals surface area contributed by atoms with Gasteiger partial charge < -0.3 is 0 Å². The molecule has 1 fully saturated rings. The Bertz CT molecular complexity index is 817. The molecule has 1 aromatic rings. The summed E-state index contributed by atoms with van der Waals surface area (Å²) < 4.78 is 0. The number of hydrogen-bond donors (Lipinski definition) is 0. The molecule has 0 aromatic heterocycles. The van der Waals surface area contributed by atoms with Gasteiger partial charge in [-0.1, -0.05) is 23.8 Å². The van der Waals surface area contributed by atoms with Crippen LogP contribution in [0, 0.1) is 11.3 Å². The van der Waals surface area contributed by atoms with Crippen molar-refractivity contribution in [3.05, 3.63) is 82.3 Å². The van der Waals surface area contributed by atoms with Gasteiger partial charge in [0.15, 0.2) is 0 Å². The van der Waals surface area contributed by atoms with Gasteiger partial charge in [0.05, 0.1) is 22.8 Å². The summed E-state index contributed by atoms with van der Waals surface area (Å²) in [4.78, 5) is 12.4. The first-order chi connectivity index (χ1) is 11.0. The molecule has 0 spiro atoms. The van der Waals surface area contributed by atoms with Crippen molar-refractivity contribution in [2.24, 2.45) is 5.41 Å². The molecule has 1 atom stereocenters. The zero-order valence-corrected chi connectivity index (χ0v) is 13.9. The summed E-state index contributed by atoms with van der Waals surface area (Å²) in [5.41, 5.74) is 7.51. The van der Waals surface area contributed by atoms with E-state index >= 15 is 0 Å². The third-order valence-electron chi connectivity index (χ3n) is 5.34. The lowest BCUT2D eigenvalue weighted by atomic mass is 9.61. The maximum Gasteiger partial charge on any atom is 0.218 e. The van der Waals surface area contributed by atoms with Gasteiger partial charge in [0.25, 0.3) is 0 Å². The molecule has 3 aliphatic rings. The van der Waals surface area contributed by atoms with Crippen molar-refractivity contribution in [1.82, 2.24) is 0 Å². The van der Waals surface area contributed by atoms with Crippen molar-refractivity contribution in [2.45, 2.75) is 33.6 Å². The van der Waals surface area contributed by atoms with Crippen LogP contribution in [-0.4, -0.2) is 5.78 Å². The van der Waals surface area contributed by atoms with Crippen LogP contribution in [0.1, 0.15) is 39.2 Å². The van der Waals surface area contributed by atoms with E-state index < -0.39 is 0 Å². The van der Waals surface area contributed by atoms with Gasteiger partial charge in [-0.05, 0) is 45.1 Å². The van der Waals surface area contributed by atoms with Crippen LogP contribution >= 0.6 is 0 Å². The molecule has 0 bridgehead atoms. The molecule has 0 heterocycles. The molecule has 0 amide bonds. The van der Waals surface area contributed by atoms with E-state index in [1.165, 1.54) is 33.4 Å². The van der Waals surface area contributed by atoms with Crippen LogP contribution in [0.15, 0.2) is 70.9 Å². The van der Waals surface area contributed by atoms with Gasteiger partial charge in [0.1, 0.15) is 11.3 Å². The molecule has 1 nitrogen and oxygen atoms in total. The van der Waals surface area contributed by atoms with E-state index in [1.54, 1.807) is 0 Å². The van der Waals surface area contributed by atoms with Crippen molar-refractivity contribution in [1.29, 1.82) is 0 Å². The van der Waals surface area contributed by atoms with Crippen LogP contribution in [0.5, 0.6) is 0 Å². The minimum Gasteiger partial charge on any atom is -0.278 e. The lowest BCUT2D eigenvalue weighted by Crippen LogP contribution is -2.28. The van der Waals surface area contributed by atoms with Gasteiger partial charge in [0, 0.05) is 24.0 Å². The van der Waals surface area contributed by atoms with E-state index in [9.17, 15) is 4.79 Å². The van der Waals surface area contributed by atoms with E-state index in [0.717, 1.165) is 12.3 Å². The van der Waals surface area contributed by atoms with Crippen LogP contribution < -0.4 is 0 Å².